The normalized spacial score (nSPS) is 15.7. The number of aromatic nitrogens is 2. The molecule has 2 unspecified atom stereocenters. The van der Waals surface area contributed by atoms with E-state index in [-0.39, 0.29) is 15.4 Å². The monoisotopic (exact) mass is 224 g/mol. The van der Waals surface area contributed by atoms with Gasteiger partial charge in [-0.1, -0.05) is 11.3 Å². The Morgan fingerprint density at radius 2 is 2.31 bits per heavy atom. The van der Waals surface area contributed by atoms with Crippen LogP contribution in [0.2, 0.25) is 4.47 Å². The Morgan fingerprint density at radius 3 is 2.69 bits per heavy atom. The fourth-order valence-corrected chi connectivity index (χ4v) is 1.82. The maximum atomic E-state index is 12.5. The third kappa shape index (κ3) is 2.75. The first-order valence-electron chi connectivity index (χ1n) is 3.70. The Balaban J connectivity index is 2.82. The quantitative estimate of drug-likeness (QED) is 0.765. The topological polar surface area (TPSA) is 53.7 Å². The molecule has 0 saturated heterocycles. The number of hydrogen-bond acceptors (Lipinski definition) is 4. The van der Waals surface area contributed by atoms with Crippen molar-refractivity contribution in [1.29, 1.82) is 5.41 Å². The van der Waals surface area contributed by atoms with Crippen molar-refractivity contribution in [2.24, 2.45) is 0 Å². The Kier molecular flexibility index (Phi) is 3.40. The van der Waals surface area contributed by atoms with Crippen molar-refractivity contribution in [1.82, 2.24) is 15.1 Å². The molecule has 0 fully saturated rings. The zero-order chi connectivity index (χ0) is 10.0. The molecule has 1 rings (SSSR count). The number of nitrogens with zero attached hydrogens (tertiary/aromatic N) is 2. The maximum Gasteiger partial charge on any atom is 0.206 e. The molecular formula is C6H10ClFN4S. The Morgan fingerprint density at radius 1 is 1.69 bits per heavy atom. The highest BCUT2D eigenvalue weighted by Crippen LogP contribution is 2.08. The van der Waals surface area contributed by atoms with Gasteiger partial charge >= 0.3 is 0 Å². The van der Waals surface area contributed by atoms with Gasteiger partial charge in [-0.05, 0) is 25.4 Å². The summed E-state index contributed by atoms with van der Waals surface area (Å²) in [5, 5.41) is 13.9. The van der Waals surface area contributed by atoms with Crippen molar-refractivity contribution in [2.75, 3.05) is 0 Å². The fraction of sp³-hybridized carbons (Fsp3) is 0.667. The summed E-state index contributed by atoms with van der Waals surface area (Å²) in [6.45, 7) is 3.10. The molecule has 1 aromatic heterocycles. The Hall–Kier alpha value is -0.460. The van der Waals surface area contributed by atoms with E-state index in [0.29, 0.717) is 0 Å². The maximum absolute atomic E-state index is 12.5. The third-order valence-corrected chi connectivity index (χ3v) is 2.35. The molecule has 1 heterocycles. The van der Waals surface area contributed by atoms with Gasteiger partial charge in [-0.2, -0.15) is 0 Å². The van der Waals surface area contributed by atoms with Crippen LogP contribution in [-0.4, -0.2) is 16.1 Å². The zero-order valence-electron chi connectivity index (χ0n) is 7.21. The van der Waals surface area contributed by atoms with Crippen LogP contribution in [0.5, 0.6) is 0 Å². The Bertz CT molecular complexity index is 334. The summed E-state index contributed by atoms with van der Waals surface area (Å²) < 4.78 is 14.2. The lowest BCUT2D eigenvalue weighted by molar-refractivity contribution is 0.231. The van der Waals surface area contributed by atoms with Crippen molar-refractivity contribution >= 4 is 22.9 Å². The predicted octanol–water partition coefficient (Wildman–Crippen LogP) is 1.50. The third-order valence-electron chi connectivity index (χ3n) is 1.41. The van der Waals surface area contributed by atoms with E-state index >= 15 is 0 Å². The molecule has 0 bridgehead atoms. The van der Waals surface area contributed by atoms with Gasteiger partial charge in [0.1, 0.15) is 12.5 Å². The first-order chi connectivity index (χ1) is 6.00. The molecule has 0 aliphatic carbocycles. The Labute approximate surface area is 83.9 Å². The van der Waals surface area contributed by atoms with Crippen LogP contribution in [-0.2, 0) is 0 Å². The van der Waals surface area contributed by atoms with E-state index in [2.05, 4.69) is 10.4 Å². The highest BCUT2D eigenvalue weighted by Gasteiger charge is 2.11. The van der Waals surface area contributed by atoms with Crippen LogP contribution in [0.25, 0.3) is 0 Å². The van der Waals surface area contributed by atoms with Gasteiger partial charge in [0.25, 0.3) is 0 Å². The van der Waals surface area contributed by atoms with Crippen molar-refractivity contribution in [2.45, 2.75) is 26.3 Å². The van der Waals surface area contributed by atoms with Gasteiger partial charge in [-0.25, -0.2) is 9.07 Å². The minimum atomic E-state index is -1.14. The summed E-state index contributed by atoms with van der Waals surface area (Å²) in [5.74, 6) is 0. The molecule has 4 nitrogen and oxygen atoms in total. The largest absolute Gasteiger partial charge is 0.274 e. The van der Waals surface area contributed by atoms with Gasteiger partial charge in [0.2, 0.25) is 9.27 Å². The molecule has 0 aliphatic rings. The molecular weight excluding hydrogens is 215 g/mol. The molecule has 0 amide bonds. The van der Waals surface area contributed by atoms with E-state index in [4.69, 9.17) is 17.0 Å². The standard InChI is InChI=1S/C6H10ClFN4S/c1-3(8)10-4(2)12-6(9)13-5(7)11-12/h3-4,9-10H,1-2H3. The van der Waals surface area contributed by atoms with E-state index in [0.717, 1.165) is 11.3 Å². The molecule has 0 aliphatic heterocycles. The smallest absolute Gasteiger partial charge is 0.206 e. The van der Waals surface area contributed by atoms with Gasteiger partial charge < -0.3 is 0 Å². The van der Waals surface area contributed by atoms with Crippen LogP contribution in [0.3, 0.4) is 0 Å². The molecule has 0 saturated carbocycles. The number of nitrogens with one attached hydrogen (secondary N) is 2. The van der Waals surface area contributed by atoms with E-state index in [1.165, 1.54) is 11.6 Å². The summed E-state index contributed by atoms with van der Waals surface area (Å²) in [6, 6.07) is 0. The van der Waals surface area contributed by atoms with Crippen LogP contribution in [0.15, 0.2) is 0 Å². The summed E-state index contributed by atoms with van der Waals surface area (Å²) in [4.78, 5) is 0.200. The molecule has 1 aromatic rings. The first-order valence-corrected chi connectivity index (χ1v) is 4.90. The van der Waals surface area contributed by atoms with Crippen molar-refractivity contribution in [3.63, 3.8) is 0 Å². The van der Waals surface area contributed by atoms with E-state index in [1.807, 2.05) is 0 Å². The van der Waals surface area contributed by atoms with Gasteiger partial charge in [0, 0.05) is 0 Å². The first kappa shape index (κ1) is 10.6. The van der Waals surface area contributed by atoms with Gasteiger partial charge in [0.15, 0.2) is 0 Å². The average Bonchev–Trinajstić information content (AvgIpc) is 2.28. The molecule has 7 heteroatoms. The minimum Gasteiger partial charge on any atom is -0.274 e. The van der Waals surface area contributed by atoms with Crippen molar-refractivity contribution in [3.8, 4) is 0 Å². The lowest BCUT2D eigenvalue weighted by Gasteiger charge is -2.14. The lowest BCUT2D eigenvalue weighted by Crippen LogP contribution is -2.34. The lowest BCUT2D eigenvalue weighted by atomic mass is 10.5. The highest BCUT2D eigenvalue weighted by molar-refractivity contribution is 7.13. The van der Waals surface area contributed by atoms with Crippen LogP contribution >= 0.6 is 22.9 Å². The van der Waals surface area contributed by atoms with E-state index in [1.54, 1.807) is 6.92 Å². The zero-order valence-corrected chi connectivity index (χ0v) is 8.79. The predicted molar refractivity (Wildman–Crippen MR) is 49.4 cm³/mol. The number of alkyl halides is 1. The highest BCUT2D eigenvalue weighted by atomic mass is 35.5. The molecule has 2 N–H and O–H groups in total. The van der Waals surface area contributed by atoms with Gasteiger partial charge in [0.05, 0.1) is 0 Å². The molecule has 0 spiro atoms. The average molecular weight is 225 g/mol. The number of hydrogen-bond donors (Lipinski definition) is 2. The molecule has 0 radical (unpaired) electrons. The summed E-state index contributed by atoms with van der Waals surface area (Å²) in [5.41, 5.74) is 0. The second-order valence-electron chi connectivity index (χ2n) is 2.56. The van der Waals surface area contributed by atoms with Crippen molar-refractivity contribution < 1.29 is 4.39 Å². The molecule has 74 valence electrons. The van der Waals surface area contributed by atoms with Crippen molar-refractivity contribution in [3.05, 3.63) is 9.27 Å². The molecule has 13 heavy (non-hydrogen) atoms. The summed E-state index contributed by atoms with van der Waals surface area (Å²) in [6.07, 6.45) is -1.50. The minimum absolute atomic E-state index is 0.200. The molecule has 2 atom stereocenters. The van der Waals surface area contributed by atoms with Crippen LogP contribution in [0, 0.1) is 5.41 Å². The second-order valence-corrected chi connectivity index (χ2v) is 4.12. The van der Waals surface area contributed by atoms with E-state index in [9.17, 15) is 4.39 Å². The number of halogens is 2. The molecule has 0 aromatic carbocycles. The fourth-order valence-electron chi connectivity index (χ4n) is 0.943. The second kappa shape index (κ2) is 4.17. The van der Waals surface area contributed by atoms with Gasteiger partial charge in [-0.3, -0.25) is 10.7 Å². The summed E-state index contributed by atoms with van der Waals surface area (Å²) >= 11 is 6.64. The van der Waals surface area contributed by atoms with Crippen LogP contribution < -0.4 is 10.1 Å². The van der Waals surface area contributed by atoms with Gasteiger partial charge in [-0.15, -0.1) is 5.10 Å². The van der Waals surface area contributed by atoms with Crippen LogP contribution in [0.4, 0.5) is 4.39 Å². The van der Waals surface area contributed by atoms with Crippen LogP contribution in [0.1, 0.15) is 20.0 Å². The van der Waals surface area contributed by atoms with E-state index < -0.39 is 6.30 Å². The SMILES string of the molecule is CC(F)NC(C)n1nc(Cl)sc1=N. The summed E-state index contributed by atoms with van der Waals surface area (Å²) in [7, 11) is 0. The number of rotatable bonds is 3.